The van der Waals surface area contributed by atoms with Gasteiger partial charge >= 0.3 is 0 Å². The van der Waals surface area contributed by atoms with E-state index in [-0.39, 0.29) is 11.9 Å². The summed E-state index contributed by atoms with van der Waals surface area (Å²) in [5, 5.41) is 2.90. The number of nitrogens with zero attached hydrogens (tertiary/aromatic N) is 2. The predicted molar refractivity (Wildman–Crippen MR) is 104 cm³/mol. The minimum absolute atomic E-state index is 0.00776. The fourth-order valence-electron chi connectivity index (χ4n) is 3.60. The van der Waals surface area contributed by atoms with Gasteiger partial charge in [0.15, 0.2) is 0 Å². The van der Waals surface area contributed by atoms with E-state index in [9.17, 15) is 13.2 Å². The molecular weight excluding hydrogens is 350 g/mol. The lowest BCUT2D eigenvalue weighted by Crippen LogP contribution is -2.55. The number of sulfonamides is 1. The van der Waals surface area contributed by atoms with Crippen LogP contribution in [-0.4, -0.2) is 62.3 Å². The molecule has 0 spiro atoms. The van der Waals surface area contributed by atoms with Gasteiger partial charge in [-0.2, -0.15) is 4.31 Å². The van der Waals surface area contributed by atoms with Gasteiger partial charge in [-0.25, -0.2) is 8.42 Å². The van der Waals surface area contributed by atoms with E-state index in [0.29, 0.717) is 37.6 Å². The summed E-state index contributed by atoms with van der Waals surface area (Å²) in [5.41, 5.74) is 2.64. The standard InChI is InChI=1S/C19H31N3O3S/c1-6-7-20-19(23)17(5)21-8-10-22(11-9-21)26(24,25)18-15(3)12-14(2)13-16(18)4/h12-13,17H,6-11H2,1-5H3,(H,20,23)/t17-/m0/s1. The van der Waals surface area contributed by atoms with Gasteiger partial charge in [0.25, 0.3) is 0 Å². The Morgan fingerprint density at radius 1 is 1.12 bits per heavy atom. The Kier molecular flexibility index (Phi) is 6.82. The summed E-state index contributed by atoms with van der Waals surface area (Å²) in [6.07, 6.45) is 0.903. The van der Waals surface area contributed by atoms with Gasteiger partial charge in [-0.15, -0.1) is 0 Å². The van der Waals surface area contributed by atoms with Gasteiger partial charge in [-0.3, -0.25) is 9.69 Å². The molecular formula is C19H31N3O3S. The second kappa shape index (κ2) is 8.50. The maximum Gasteiger partial charge on any atom is 0.243 e. The van der Waals surface area contributed by atoms with Crippen molar-refractivity contribution >= 4 is 15.9 Å². The number of benzene rings is 1. The maximum atomic E-state index is 13.1. The van der Waals surface area contributed by atoms with Crippen LogP contribution in [0.2, 0.25) is 0 Å². The van der Waals surface area contributed by atoms with E-state index < -0.39 is 10.0 Å². The van der Waals surface area contributed by atoms with Gasteiger partial charge in [-0.1, -0.05) is 24.6 Å². The molecule has 146 valence electrons. The van der Waals surface area contributed by atoms with Gasteiger partial charge in [0, 0.05) is 32.7 Å². The number of hydrogen-bond acceptors (Lipinski definition) is 4. The maximum absolute atomic E-state index is 13.1. The Balaban J connectivity index is 2.09. The van der Waals surface area contributed by atoms with Crippen molar-refractivity contribution in [2.75, 3.05) is 32.7 Å². The highest BCUT2D eigenvalue weighted by Gasteiger charge is 2.33. The topological polar surface area (TPSA) is 69.7 Å². The number of piperazine rings is 1. The fraction of sp³-hybridized carbons (Fsp3) is 0.632. The molecule has 1 aromatic rings. The van der Waals surface area contributed by atoms with Gasteiger partial charge in [0.05, 0.1) is 10.9 Å². The number of nitrogens with one attached hydrogen (secondary N) is 1. The molecule has 7 heteroatoms. The molecule has 1 aliphatic rings. The Labute approximate surface area is 157 Å². The highest BCUT2D eigenvalue weighted by Crippen LogP contribution is 2.26. The van der Waals surface area contributed by atoms with Crippen LogP contribution in [0.25, 0.3) is 0 Å². The first-order valence-electron chi connectivity index (χ1n) is 9.28. The van der Waals surface area contributed by atoms with Crippen molar-refractivity contribution in [3.8, 4) is 0 Å². The van der Waals surface area contributed by atoms with E-state index >= 15 is 0 Å². The van der Waals surface area contributed by atoms with Crippen LogP contribution >= 0.6 is 0 Å². The first-order chi connectivity index (χ1) is 12.2. The van der Waals surface area contributed by atoms with Crippen LogP contribution in [0.5, 0.6) is 0 Å². The number of carbonyl (C=O) groups is 1. The lowest BCUT2D eigenvalue weighted by atomic mass is 10.1. The van der Waals surface area contributed by atoms with E-state index in [2.05, 4.69) is 5.32 Å². The molecule has 26 heavy (non-hydrogen) atoms. The van der Waals surface area contributed by atoms with Gasteiger partial charge < -0.3 is 5.32 Å². The Morgan fingerprint density at radius 3 is 2.15 bits per heavy atom. The van der Waals surface area contributed by atoms with E-state index in [1.165, 1.54) is 0 Å². The van der Waals surface area contributed by atoms with Crippen molar-refractivity contribution in [2.45, 2.75) is 52.0 Å². The summed E-state index contributed by atoms with van der Waals surface area (Å²) < 4.78 is 27.8. The molecule has 0 bridgehead atoms. The van der Waals surface area contributed by atoms with Gasteiger partial charge in [0.2, 0.25) is 15.9 Å². The van der Waals surface area contributed by atoms with E-state index in [4.69, 9.17) is 0 Å². The summed E-state index contributed by atoms with van der Waals surface area (Å²) in [6.45, 7) is 12.2. The summed E-state index contributed by atoms with van der Waals surface area (Å²) in [4.78, 5) is 14.6. The predicted octanol–water partition coefficient (Wildman–Crippen LogP) is 1.83. The second-order valence-electron chi connectivity index (χ2n) is 7.13. The molecule has 0 saturated carbocycles. The molecule has 1 aliphatic heterocycles. The van der Waals surface area contributed by atoms with Crippen molar-refractivity contribution in [1.29, 1.82) is 0 Å². The van der Waals surface area contributed by atoms with Crippen molar-refractivity contribution in [3.63, 3.8) is 0 Å². The second-order valence-corrected chi connectivity index (χ2v) is 9.01. The molecule has 1 amide bonds. The monoisotopic (exact) mass is 381 g/mol. The Hall–Kier alpha value is -1.44. The van der Waals surface area contributed by atoms with Crippen LogP contribution in [0.15, 0.2) is 17.0 Å². The molecule has 0 aliphatic carbocycles. The molecule has 1 N–H and O–H groups in total. The van der Waals surface area contributed by atoms with Crippen LogP contribution in [0, 0.1) is 20.8 Å². The van der Waals surface area contributed by atoms with Crippen LogP contribution in [0.3, 0.4) is 0 Å². The zero-order valence-corrected chi connectivity index (χ0v) is 17.3. The number of aryl methyl sites for hydroxylation is 3. The molecule has 1 aromatic carbocycles. The normalized spacial score (nSPS) is 17.9. The lowest BCUT2D eigenvalue weighted by Gasteiger charge is -2.37. The smallest absolute Gasteiger partial charge is 0.243 e. The SMILES string of the molecule is CCCNC(=O)[C@H](C)N1CCN(S(=O)(=O)c2c(C)cc(C)cc2C)CC1. The molecule has 6 nitrogen and oxygen atoms in total. The minimum atomic E-state index is -3.52. The largest absolute Gasteiger partial charge is 0.355 e. The Morgan fingerprint density at radius 2 is 1.65 bits per heavy atom. The van der Waals surface area contributed by atoms with Crippen LogP contribution in [0.4, 0.5) is 0 Å². The van der Waals surface area contributed by atoms with Crippen molar-refractivity contribution in [3.05, 3.63) is 28.8 Å². The summed E-state index contributed by atoms with van der Waals surface area (Å²) in [7, 11) is -3.52. The average molecular weight is 382 g/mol. The van der Waals surface area contributed by atoms with E-state index in [1.807, 2.05) is 51.7 Å². The minimum Gasteiger partial charge on any atom is -0.355 e. The van der Waals surface area contributed by atoms with Gasteiger partial charge in [0.1, 0.15) is 0 Å². The average Bonchev–Trinajstić information content (AvgIpc) is 2.58. The summed E-state index contributed by atoms with van der Waals surface area (Å²) >= 11 is 0. The summed E-state index contributed by atoms with van der Waals surface area (Å²) in [5.74, 6) is 0.00776. The number of carbonyl (C=O) groups excluding carboxylic acids is 1. The molecule has 0 aromatic heterocycles. The highest BCUT2D eigenvalue weighted by molar-refractivity contribution is 7.89. The number of hydrogen-bond donors (Lipinski definition) is 1. The van der Waals surface area contributed by atoms with Crippen molar-refractivity contribution in [2.24, 2.45) is 0 Å². The van der Waals surface area contributed by atoms with E-state index in [1.54, 1.807) is 4.31 Å². The van der Waals surface area contributed by atoms with Crippen LogP contribution in [0.1, 0.15) is 37.0 Å². The zero-order valence-electron chi connectivity index (χ0n) is 16.5. The molecule has 0 radical (unpaired) electrons. The molecule has 1 saturated heterocycles. The van der Waals surface area contributed by atoms with Crippen LogP contribution in [-0.2, 0) is 14.8 Å². The van der Waals surface area contributed by atoms with Crippen molar-refractivity contribution < 1.29 is 13.2 Å². The first kappa shape index (κ1) is 20.9. The third-order valence-electron chi connectivity index (χ3n) is 4.95. The molecule has 1 fully saturated rings. The van der Waals surface area contributed by atoms with Crippen LogP contribution < -0.4 is 5.32 Å². The first-order valence-corrected chi connectivity index (χ1v) is 10.7. The molecule has 1 atom stereocenters. The highest BCUT2D eigenvalue weighted by atomic mass is 32.2. The Bertz CT molecular complexity index is 730. The third kappa shape index (κ3) is 4.45. The molecule has 2 rings (SSSR count). The zero-order chi connectivity index (χ0) is 19.5. The summed E-state index contributed by atoms with van der Waals surface area (Å²) in [6, 6.07) is 3.58. The lowest BCUT2D eigenvalue weighted by molar-refractivity contribution is -0.126. The molecule has 0 unspecified atom stereocenters. The number of rotatable bonds is 6. The van der Waals surface area contributed by atoms with Crippen molar-refractivity contribution in [1.82, 2.24) is 14.5 Å². The molecule has 1 heterocycles. The third-order valence-corrected chi connectivity index (χ3v) is 7.16. The van der Waals surface area contributed by atoms with Gasteiger partial charge in [-0.05, 0) is 45.2 Å². The fourth-order valence-corrected chi connectivity index (χ4v) is 5.43. The number of amides is 1. The quantitative estimate of drug-likeness (QED) is 0.816. The van der Waals surface area contributed by atoms with E-state index in [0.717, 1.165) is 23.1 Å².